The van der Waals surface area contributed by atoms with E-state index in [9.17, 15) is 4.79 Å². The second-order valence-corrected chi connectivity index (χ2v) is 5.52. The minimum absolute atomic E-state index is 0.141. The van der Waals surface area contributed by atoms with Crippen LogP contribution in [0.3, 0.4) is 0 Å². The summed E-state index contributed by atoms with van der Waals surface area (Å²) in [5.41, 5.74) is 3.19. The van der Waals surface area contributed by atoms with Gasteiger partial charge in [-0.05, 0) is 36.4 Å². The van der Waals surface area contributed by atoms with Gasteiger partial charge in [0.1, 0.15) is 0 Å². The Morgan fingerprint density at radius 3 is 2.54 bits per heavy atom. The molecule has 0 radical (unpaired) electrons. The monoisotopic (exact) mass is 338 g/mol. The number of benzene rings is 2. The number of amides is 1. The number of halogens is 1. The Morgan fingerprint density at radius 1 is 1.17 bits per heavy atom. The molecule has 120 valence electrons. The van der Waals surface area contributed by atoms with E-state index in [2.05, 4.69) is 22.2 Å². The summed E-state index contributed by atoms with van der Waals surface area (Å²) < 4.78 is 1.72. The third-order valence-corrected chi connectivity index (χ3v) is 3.72. The zero-order valence-electron chi connectivity index (χ0n) is 12.8. The highest BCUT2D eigenvalue weighted by atomic mass is 35.5. The van der Waals surface area contributed by atoms with Gasteiger partial charge in [0, 0.05) is 22.7 Å². The number of aromatic nitrogens is 3. The molecule has 5 nitrogen and oxygen atoms in total. The molecule has 0 bridgehead atoms. The van der Waals surface area contributed by atoms with Crippen LogP contribution in [0.15, 0.2) is 67.4 Å². The van der Waals surface area contributed by atoms with E-state index in [1.807, 2.05) is 36.4 Å². The number of nitrogens with zero attached hydrogens (tertiary/aromatic N) is 3. The molecule has 0 aliphatic heterocycles. The third-order valence-electron chi connectivity index (χ3n) is 3.47. The van der Waals surface area contributed by atoms with Crippen LogP contribution in [0.25, 0.3) is 16.9 Å². The van der Waals surface area contributed by atoms with Gasteiger partial charge in [0.15, 0.2) is 0 Å². The number of nitrogens with one attached hydrogen (secondary N) is 1. The molecular weight excluding hydrogens is 324 g/mol. The summed E-state index contributed by atoms with van der Waals surface area (Å²) >= 11 is 5.93. The Bertz CT molecular complexity index is 853. The summed E-state index contributed by atoms with van der Waals surface area (Å²) in [5, 5.41) is 11.5. The number of carbonyl (C=O) groups excluding carboxylic acids is 1. The Morgan fingerprint density at radius 2 is 1.88 bits per heavy atom. The van der Waals surface area contributed by atoms with Crippen molar-refractivity contribution in [2.24, 2.45) is 0 Å². The lowest BCUT2D eigenvalue weighted by molar-refractivity contribution is 0.0958. The molecular formula is C18H15ClN4O. The van der Waals surface area contributed by atoms with Gasteiger partial charge in [0.05, 0.1) is 17.6 Å². The maximum atomic E-state index is 11.9. The standard InChI is InChI=1S/C18H15ClN4O/c1-2-11-20-18(24)14-5-9-16(10-6-14)23-17(12-21-22-23)13-3-7-15(19)8-4-13/h2-10,12H,1,11H2,(H,20,24). The lowest BCUT2D eigenvalue weighted by Crippen LogP contribution is -2.23. The van der Waals surface area contributed by atoms with E-state index in [1.54, 1.807) is 29.1 Å². The molecule has 0 aliphatic rings. The lowest BCUT2D eigenvalue weighted by atomic mass is 10.1. The fourth-order valence-corrected chi connectivity index (χ4v) is 2.39. The minimum Gasteiger partial charge on any atom is -0.349 e. The molecule has 1 amide bonds. The predicted molar refractivity (Wildman–Crippen MR) is 94.3 cm³/mol. The molecule has 0 saturated heterocycles. The predicted octanol–water partition coefficient (Wildman–Crippen LogP) is 3.50. The van der Waals surface area contributed by atoms with E-state index in [1.165, 1.54) is 0 Å². The van der Waals surface area contributed by atoms with E-state index < -0.39 is 0 Å². The average molecular weight is 339 g/mol. The smallest absolute Gasteiger partial charge is 0.251 e. The van der Waals surface area contributed by atoms with Gasteiger partial charge in [-0.2, -0.15) is 0 Å². The molecule has 2 aromatic carbocycles. The summed E-state index contributed by atoms with van der Waals surface area (Å²) in [5.74, 6) is -0.141. The Kier molecular flexibility index (Phi) is 4.72. The summed E-state index contributed by atoms with van der Waals surface area (Å²) in [4.78, 5) is 11.9. The van der Waals surface area contributed by atoms with Crippen molar-refractivity contribution >= 4 is 17.5 Å². The van der Waals surface area contributed by atoms with Crippen LogP contribution in [-0.4, -0.2) is 27.4 Å². The maximum absolute atomic E-state index is 11.9. The molecule has 0 spiro atoms. The Hall–Kier alpha value is -2.92. The average Bonchev–Trinajstić information content (AvgIpc) is 3.10. The van der Waals surface area contributed by atoms with Crippen LogP contribution in [0.2, 0.25) is 5.02 Å². The topological polar surface area (TPSA) is 59.8 Å². The fraction of sp³-hybridized carbons (Fsp3) is 0.0556. The molecule has 1 heterocycles. The van der Waals surface area contributed by atoms with Crippen LogP contribution in [0.1, 0.15) is 10.4 Å². The van der Waals surface area contributed by atoms with Crippen molar-refractivity contribution in [1.82, 2.24) is 20.3 Å². The van der Waals surface area contributed by atoms with Gasteiger partial charge < -0.3 is 5.32 Å². The SMILES string of the molecule is C=CCNC(=O)c1ccc(-n2nncc2-c2ccc(Cl)cc2)cc1. The highest BCUT2D eigenvalue weighted by molar-refractivity contribution is 6.30. The minimum atomic E-state index is -0.141. The first-order valence-electron chi connectivity index (χ1n) is 7.35. The largest absolute Gasteiger partial charge is 0.349 e. The van der Waals surface area contributed by atoms with Crippen molar-refractivity contribution in [2.45, 2.75) is 0 Å². The van der Waals surface area contributed by atoms with E-state index >= 15 is 0 Å². The van der Waals surface area contributed by atoms with Crippen molar-refractivity contribution in [1.29, 1.82) is 0 Å². The molecule has 0 atom stereocenters. The Labute approximate surface area is 144 Å². The fourth-order valence-electron chi connectivity index (χ4n) is 2.26. The molecule has 1 N–H and O–H groups in total. The quantitative estimate of drug-likeness (QED) is 0.724. The van der Waals surface area contributed by atoms with Crippen molar-refractivity contribution < 1.29 is 4.79 Å². The maximum Gasteiger partial charge on any atom is 0.251 e. The van der Waals surface area contributed by atoms with Crippen molar-refractivity contribution in [3.05, 3.63) is 78.0 Å². The van der Waals surface area contributed by atoms with E-state index in [4.69, 9.17) is 11.6 Å². The van der Waals surface area contributed by atoms with E-state index in [-0.39, 0.29) is 5.91 Å². The van der Waals surface area contributed by atoms with Gasteiger partial charge in [-0.3, -0.25) is 4.79 Å². The molecule has 1 aromatic heterocycles. The second-order valence-electron chi connectivity index (χ2n) is 5.08. The first kappa shape index (κ1) is 16.0. The van der Waals surface area contributed by atoms with Gasteiger partial charge in [-0.15, -0.1) is 11.7 Å². The summed E-state index contributed by atoms with van der Waals surface area (Å²) in [6, 6.07) is 14.6. The molecule has 3 rings (SSSR count). The molecule has 0 aliphatic carbocycles. The Balaban J connectivity index is 1.88. The molecule has 0 saturated carbocycles. The second kappa shape index (κ2) is 7.10. The molecule has 0 unspecified atom stereocenters. The highest BCUT2D eigenvalue weighted by Crippen LogP contribution is 2.23. The van der Waals surface area contributed by atoms with Crippen LogP contribution >= 0.6 is 11.6 Å². The molecule has 6 heteroatoms. The summed E-state index contributed by atoms with van der Waals surface area (Å²) in [7, 11) is 0. The van der Waals surface area contributed by atoms with E-state index in [0.29, 0.717) is 17.1 Å². The van der Waals surface area contributed by atoms with Gasteiger partial charge >= 0.3 is 0 Å². The summed E-state index contributed by atoms with van der Waals surface area (Å²) in [6.07, 6.45) is 3.33. The summed E-state index contributed by atoms with van der Waals surface area (Å²) in [6.45, 7) is 4.01. The molecule has 0 fully saturated rings. The zero-order valence-corrected chi connectivity index (χ0v) is 13.6. The van der Waals surface area contributed by atoms with Crippen molar-refractivity contribution in [3.63, 3.8) is 0 Å². The number of hydrogen-bond donors (Lipinski definition) is 1. The number of rotatable bonds is 5. The van der Waals surface area contributed by atoms with Crippen LogP contribution < -0.4 is 5.32 Å². The molecule has 24 heavy (non-hydrogen) atoms. The van der Waals surface area contributed by atoms with Gasteiger partial charge in [0.2, 0.25) is 0 Å². The number of hydrogen-bond acceptors (Lipinski definition) is 3. The van der Waals surface area contributed by atoms with Gasteiger partial charge in [-0.1, -0.05) is 35.0 Å². The van der Waals surface area contributed by atoms with Crippen LogP contribution in [0.4, 0.5) is 0 Å². The van der Waals surface area contributed by atoms with Crippen LogP contribution in [-0.2, 0) is 0 Å². The first-order chi connectivity index (χ1) is 11.7. The van der Waals surface area contributed by atoms with Gasteiger partial charge in [-0.25, -0.2) is 4.68 Å². The van der Waals surface area contributed by atoms with Crippen molar-refractivity contribution in [3.8, 4) is 16.9 Å². The third kappa shape index (κ3) is 3.36. The highest BCUT2D eigenvalue weighted by Gasteiger charge is 2.10. The van der Waals surface area contributed by atoms with Gasteiger partial charge in [0.25, 0.3) is 5.91 Å². The lowest BCUT2D eigenvalue weighted by Gasteiger charge is -2.08. The normalized spacial score (nSPS) is 10.4. The molecule has 3 aromatic rings. The van der Waals surface area contributed by atoms with Crippen molar-refractivity contribution in [2.75, 3.05) is 6.54 Å². The van der Waals surface area contributed by atoms with E-state index in [0.717, 1.165) is 16.9 Å². The van der Waals surface area contributed by atoms with Crippen LogP contribution in [0.5, 0.6) is 0 Å². The number of carbonyl (C=O) groups is 1. The first-order valence-corrected chi connectivity index (χ1v) is 7.73. The zero-order chi connectivity index (χ0) is 16.9. The van der Waals surface area contributed by atoms with Crippen LogP contribution in [0, 0.1) is 0 Å².